The van der Waals surface area contributed by atoms with E-state index in [9.17, 15) is 9.59 Å². The molecule has 0 fully saturated rings. The Bertz CT molecular complexity index is 1310. The van der Waals surface area contributed by atoms with Crippen molar-refractivity contribution in [1.29, 1.82) is 0 Å². The number of aliphatic imine (C=N–C) groups is 1. The van der Waals surface area contributed by atoms with Crippen molar-refractivity contribution in [2.45, 2.75) is 6.92 Å². The van der Waals surface area contributed by atoms with E-state index in [0.717, 1.165) is 0 Å². The van der Waals surface area contributed by atoms with Gasteiger partial charge in [0.25, 0.3) is 0 Å². The van der Waals surface area contributed by atoms with Gasteiger partial charge in [0.05, 0.1) is 20.8 Å². The maximum atomic E-state index is 12.7. The van der Waals surface area contributed by atoms with Crippen LogP contribution in [0.15, 0.2) is 77.4 Å². The molecule has 3 aromatic rings. The molecule has 1 heterocycles. The number of para-hydroxylation sites is 1. The lowest BCUT2D eigenvalue weighted by Gasteiger charge is -2.12. The average molecular weight is 473 g/mol. The molecule has 0 N–H and O–H groups in total. The Balaban J connectivity index is 1.59. The minimum atomic E-state index is -0.581. The van der Waals surface area contributed by atoms with Crippen molar-refractivity contribution in [3.05, 3.63) is 89.1 Å². The number of rotatable bonds is 8. The molecule has 0 radical (unpaired) electrons. The number of nitrogens with zero attached hydrogens (tertiary/aromatic N) is 1. The van der Waals surface area contributed by atoms with Gasteiger partial charge in [-0.3, -0.25) is 0 Å². The van der Waals surface area contributed by atoms with Crippen LogP contribution < -0.4 is 18.9 Å². The van der Waals surface area contributed by atoms with E-state index in [-0.39, 0.29) is 22.9 Å². The molecule has 0 atom stereocenters. The Hall–Kier alpha value is -4.59. The predicted octanol–water partition coefficient (Wildman–Crippen LogP) is 4.67. The quantitative estimate of drug-likeness (QED) is 0.267. The van der Waals surface area contributed by atoms with Gasteiger partial charge in [0.15, 0.2) is 17.2 Å². The van der Waals surface area contributed by atoms with E-state index in [2.05, 4.69) is 4.99 Å². The molecular formula is C27H23NO7. The summed E-state index contributed by atoms with van der Waals surface area (Å²) in [5, 5.41) is 0. The second kappa shape index (κ2) is 10.6. The summed E-state index contributed by atoms with van der Waals surface area (Å²) in [5.74, 6) is 0.725. The summed E-state index contributed by atoms with van der Waals surface area (Å²) in [6.45, 7) is 2.16. The fraction of sp³-hybridized carbons (Fsp3) is 0.148. The fourth-order valence-corrected chi connectivity index (χ4v) is 3.36. The van der Waals surface area contributed by atoms with Crippen LogP contribution in [0.5, 0.6) is 23.0 Å². The first-order valence-corrected chi connectivity index (χ1v) is 10.8. The molecule has 8 nitrogen and oxygen atoms in total. The van der Waals surface area contributed by atoms with Crippen molar-refractivity contribution >= 4 is 23.9 Å². The van der Waals surface area contributed by atoms with Crippen molar-refractivity contribution in [1.82, 2.24) is 0 Å². The lowest BCUT2D eigenvalue weighted by molar-refractivity contribution is -0.129. The zero-order chi connectivity index (χ0) is 24.8. The molecule has 4 rings (SSSR count). The molecule has 35 heavy (non-hydrogen) atoms. The van der Waals surface area contributed by atoms with Crippen LogP contribution in [0.2, 0.25) is 0 Å². The summed E-state index contributed by atoms with van der Waals surface area (Å²) >= 11 is 0. The molecule has 0 unspecified atom stereocenters. The van der Waals surface area contributed by atoms with E-state index in [1.165, 1.54) is 7.11 Å². The summed E-state index contributed by atoms with van der Waals surface area (Å²) < 4.78 is 26.9. The number of benzene rings is 3. The van der Waals surface area contributed by atoms with Crippen LogP contribution in [0.4, 0.5) is 0 Å². The standard InChI is InChI=1S/C27H23NO7/c1-4-33-24-16-17(9-14-23(24)34-26(29)20-7-5-6-8-22(20)32-3)15-21-27(30)35-25(28-21)18-10-12-19(31-2)13-11-18/h5-16H,4H2,1-3H3. The molecule has 3 aromatic carbocycles. The van der Waals surface area contributed by atoms with Crippen LogP contribution in [0, 0.1) is 0 Å². The van der Waals surface area contributed by atoms with Crippen LogP contribution in [0.25, 0.3) is 6.08 Å². The van der Waals surface area contributed by atoms with Gasteiger partial charge in [-0.05, 0) is 67.1 Å². The van der Waals surface area contributed by atoms with E-state index in [1.54, 1.807) is 79.9 Å². The Morgan fingerprint density at radius 3 is 2.43 bits per heavy atom. The fourth-order valence-electron chi connectivity index (χ4n) is 3.36. The van der Waals surface area contributed by atoms with Crippen LogP contribution in [0.1, 0.15) is 28.4 Å². The minimum Gasteiger partial charge on any atom is -0.497 e. The highest BCUT2D eigenvalue weighted by atomic mass is 16.6. The van der Waals surface area contributed by atoms with Gasteiger partial charge in [0.2, 0.25) is 5.90 Å². The summed E-state index contributed by atoms with van der Waals surface area (Å²) in [6, 6.07) is 18.8. The molecule has 0 aliphatic carbocycles. The monoisotopic (exact) mass is 473 g/mol. The lowest BCUT2D eigenvalue weighted by Crippen LogP contribution is -2.11. The molecule has 0 saturated carbocycles. The van der Waals surface area contributed by atoms with Crippen molar-refractivity contribution in [3.8, 4) is 23.0 Å². The Labute approximate surface area is 202 Å². The average Bonchev–Trinajstić information content (AvgIpc) is 3.25. The highest BCUT2D eigenvalue weighted by Gasteiger charge is 2.24. The molecule has 1 aliphatic rings. The zero-order valence-electron chi connectivity index (χ0n) is 19.4. The van der Waals surface area contributed by atoms with Gasteiger partial charge < -0.3 is 23.7 Å². The van der Waals surface area contributed by atoms with E-state index in [0.29, 0.717) is 35.0 Å². The third kappa shape index (κ3) is 5.33. The number of cyclic esters (lactones) is 1. The number of methoxy groups -OCH3 is 2. The van der Waals surface area contributed by atoms with Crippen molar-refractivity contribution in [2.75, 3.05) is 20.8 Å². The second-order valence-corrected chi connectivity index (χ2v) is 7.29. The van der Waals surface area contributed by atoms with E-state index >= 15 is 0 Å². The summed E-state index contributed by atoms with van der Waals surface area (Å²) in [7, 11) is 3.06. The van der Waals surface area contributed by atoms with Gasteiger partial charge >= 0.3 is 11.9 Å². The SMILES string of the molecule is CCOc1cc(C=C2N=C(c3ccc(OC)cc3)OC2=O)ccc1OC(=O)c1ccccc1OC. The number of hydrogen-bond acceptors (Lipinski definition) is 8. The van der Waals surface area contributed by atoms with Gasteiger partial charge in [0.1, 0.15) is 17.1 Å². The Morgan fingerprint density at radius 1 is 0.943 bits per heavy atom. The first-order chi connectivity index (χ1) is 17.0. The second-order valence-electron chi connectivity index (χ2n) is 7.29. The largest absolute Gasteiger partial charge is 0.497 e. The van der Waals surface area contributed by atoms with Gasteiger partial charge in [-0.15, -0.1) is 0 Å². The molecule has 178 valence electrons. The summed E-state index contributed by atoms with van der Waals surface area (Å²) in [4.78, 5) is 29.4. The normalized spacial score (nSPS) is 13.7. The number of ether oxygens (including phenoxy) is 5. The number of esters is 2. The lowest BCUT2D eigenvalue weighted by atomic mass is 10.1. The van der Waals surface area contributed by atoms with E-state index in [1.807, 2.05) is 6.92 Å². The maximum Gasteiger partial charge on any atom is 0.363 e. The number of carbonyl (C=O) groups excluding carboxylic acids is 2. The number of hydrogen-bond donors (Lipinski definition) is 0. The topological polar surface area (TPSA) is 92.6 Å². The zero-order valence-corrected chi connectivity index (χ0v) is 19.4. The van der Waals surface area contributed by atoms with Gasteiger partial charge in [0, 0.05) is 5.56 Å². The van der Waals surface area contributed by atoms with E-state index in [4.69, 9.17) is 23.7 Å². The first-order valence-electron chi connectivity index (χ1n) is 10.8. The molecule has 0 aromatic heterocycles. The highest BCUT2D eigenvalue weighted by Crippen LogP contribution is 2.32. The maximum absolute atomic E-state index is 12.7. The van der Waals surface area contributed by atoms with E-state index < -0.39 is 11.9 Å². The van der Waals surface area contributed by atoms with Gasteiger partial charge in [-0.25, -0.2) is 14.6 Å². The Kier molecular flexibility index (Phi) is 7.11. The smallest absolute Gasteiger partial charge is 0.363 e. The predicted molar refractivity (Wildman–Crippen MR) is 129 cm³/mol. The molecule has 0 bridgehead atoms. The molecule has 0 saturated heterocycles. The van der Waals surface area contributed by atoms with Gasteiger partial charge in [-0.1, -0.05) is 18.2 Å². The van der Waals surface area contributed by atoms with Crippen molar-refractivity contribution in [2.24, 2.45) is 4.99 Å². The third-order valence-corrected chi connectivity index (χ3v) is 5.06. The van der Waals surface area contributed by atoms with Crippen molar-refractivity contribution in [3.63, 3.8) is 0 Å². The summed E-state index contributed by atoms with van der Waals surface area (Å²) in [6.07, 6.45) is 1.58. The van der Waals surface area contributed by atoms with Crippen LogP contribution in [-0.2, 0) is 9.53 Å². The van der Waals surface area contributed by atoms with Crippen molar-refractivity contribution < 1.29 is 33.3 Å². The highest BCUT2D eigenvalue weighted by molar-refractivity contribution is 6.12. The number of carbonyl (C=O) groups is 2. The van der Waals surface area contributed by atoms with Crippen LogP contribution in [0.3, 0.4) is 0 Å². The Morgan fingerprint density at radius 2 is 1.71 bits per heavy atom. The first kappa shape index (κ1) is 23.6. The molecular weight excluding hydrogens is 450 g/mol. The molecule has 0 amide bonds. The molecule has 1 aliphatic heterocycles. The minimum absolute atomic E-state index is 0.136. The van der Waals surface area contributed by atoms with Crippen LogP contribution in [-0.4, -0.2) is 38.7 Å². The third-order valence-electron chi connectivity index (χ3n) is 5.06. The van der Waals surface area contributed by atoms with Crippen LogP contribution >= 0.6 is 0 Å². The molecule has 8 heteroatoms. The molecule has 0 spiro atoms. The van der Waals surface area contributed by atoms with Gasteiger partial charge in [-0.2, -0.15) is 0 Å². The summed E-state index contributed by atoms with van der Waals surface area (Å²) in [5.41, 5.74) is 1.70.